The predicted molar refractivity (Wildman–Crippen MR) is 161 cm³/mol. The number of phenolic OH excluding ortho intramolecular Hbond substituents is 1. The maximum Gasteiger partial charge on any atom is 0.354 e. The molecule has 1 amide bonds. The molecule has 13 heteroatoms. The number of phenols is 1. The number of fused-ring (bicyclic) bond motifs is 2. The molecule has 0 bridgehead atoms. The van der Waals surface area contributed by atoms with Crippen LogP contribution in [0.25, 0.3) is 27.7 Å². The van der Waals surface area contributed by atoms with Gasteiger partial charge in [0.2, 0.25) is 5.91 Å². The van der Waals surface area contributed by atoms with Gasteiger partial charge >= 0.3 is 5.69 Å². The van der Waals surface area contributed by atoms with Crippen LogP contribution < -0.4 is 10.6 Å². The number of benzene rings is 2. The average molecular weight is 622 g/mol. The summed E-state index contributed by atoms with van der Waals surface area (Å²) >= 11 is 0. The van der Waals surface area contributed by atoms with Crippen LogP contribution in [0, 0.1) is 18.6 Å². The molecule has 2 aliphatic rings. The van der Waals surface area contributed by atoms with Gasteiger partial charge in [0.1, 0.15) is 16.5 Å². The number of aryl methyl sites for hydroxylation is 1. The highest BCUT2D eigenvalue weighted by molar-refractivity contribution is 7.91. The van der Waals surface area contributed by atoms with Crippen molar-refractivity contribution in [2.24, 2.45) is 0 Å². The van der Waals surface area contributed by atoms with Gasteiger partial charge in [0.25, 0.3) is 0 Å². The first kappa shape index (κ1) is 29.4. The van der Waals surface area contributed by atoms with Crippen molar-refractivity contribution in [3.63, 3.8) is 0 Å². The van der Waals surface area contributed by atoms with Gasteiger partial charge in [0, 0.05) is 31.4 Å². The van der Waals surface area contributed by atoms with Crippen LogP contribution in [0.15, 0.2) is 58.9 Å². The molecule has 2 aromatic heterocycles. The molecule has 6 rings (SSSR count). The fourth-order valence-corrected chi connectivity index (χ4v) is 8.05. The van der Waals surface area contributed by atoms with Crippen molar-refractivity contribution in [1.29, 1.82) is 0 Å². The van der Waals surface area contributed by atoms with Crippen molar-refractivity contribution in [2.75, 3.05) is 30.3 Å². The van der Waals surface area contributed by atoms with E-state index >= 15 is 8.78 Å². The molecule has 1 fully saturated rings. The van der Waals surface area contributed by atoms with E-state index in [1.165, 1.54) is 34.1 Å². The average Bonchev–Trinajstić information content (AvgIpc) is 3.07. The van der Waals surface area contributed by atoms with Crippen LogP contribution in [0.5, 0.6) is 5.75 Å². The monoisotopic (exact) mass is 621 g/mol. The first-order valence-corrected chi connectivity index (χ1v) is 15.6. The summed E-state index contributed by atoms with van der Waals surface area (Å²) in [5, 5.41) is 10.3. The Bertz CT molecular complexity index is 2060. The van der Waals surface area contributed by atoms with Crippen LogP contribution in [0.3, 0.4) is 0 Å². The van der Waals surface area contributed by atoms with Crippen molar-refractivity contribution in [3.05, 3.63) is 82.6 Å². The Hall–Kier alpha value is -4.65. The number of carbonyl (C=O) groups is 1. The number of pyridine rings is 1. The minimum absolute atomic E-state index is 0.0540. The molecule has 0 aliphatic carbocycles. The number of aromatic hydroxyl groups is 1. The summed E-state index contributed by atoms with van der Waals surface area (Å²) in [6.45, 7) is 8.99. The molecule has 4 heterocycles. The van der Waals surface area contributed by atoms with Gasteiger partial charge in [0.05, 0.1) is 39.6 Å². The third kappa shape index (κ3) is 4.36. The Kier molecular flexibility index (Phi) is 7.03. The van der Waals surface area contributed by atoms with Gasteiger partial charge in [-0.2, -0.15) is 4.98 Å². The number of carbonyl (C=O) groups excluding carboxylic acids is 1. The summed E-state index contributed by atoms with van der Waals surface area (Å²) in [4.78, 5) is 37.3. The lowest BCUT2D eigenvalue weighted by atomic mass is 9.99. The van der Waals surface area contributed by atoms with Gasteiger partial charge in [-0.25, -0.2) is 22.0 Å². The van der Waals surface area contributed by atoms with Crippen molar-refractivity contribution in [1.82, 2.24) is 19.4 Å². The number of amides is 1. The molecule has 0 spiro atoms. The fourth-order valence-electron chi connectivity index (χ4n) is 6.22. The molecule has 1 atom stereocenters. The largest absolute Gasteiger partial charge is 0.507 e. The van der Waals surface area contributed by atoms with Crippen LogP contribution in [-0.2, 0) is 14.6 Å². The Labute approximate surface area is 251 Å². The van der Waals surface area contributed by atoms with E-state index in [0.717, 1.165) is 10.6 Å². The maximum absolute atomic E-state index is 17.1. The number of nitrogens with zero attached hydrogens (tertiary/aromatic N) is 5. The van der Waals surface area contributed by atoms with Gasteiger partial charge in [0.15, 0.2) is 21.5 Å². The number of piperazine rings is 1. The highest BCUT2D eigenvalue weighted by Gasteiger charge is 2.43. The summed E-state index contributed by atoms with van der Waals surface area (Å²) in [5.41, 5.74) is -1.35. The Morgan fingerprint density at radius 3 is 2.57 bits per heavy atom. The van der Waals surface area contributed by atoms with Gasteiger partial charge in [-0.1, -0.05) is 38.6 Å². The minimum atomic E-state index is -4.55. The lowest BCUT2D eigenvalue weighted by molar-refractivity contribution is -0.126. The highest BCUT2D eigenvalue weighted by atomic mass is 32.2. The molecule has 2 aromatic carbocycles. The zero-order valence-electron chi connectivity index (χ0n) is 24.2. The Balaban J connectivity index is 1.82. The molecular formula is C31H29F2N5O5S. The SMILES string of the molecule is C=CC(=O)N1CCN2c3nc(=O)n(-c4c(C)ccnc4C(C)C)c4c(F)c(-c5ccccc5O)c(F)c(c34)S(=O)(=O)CC2C1. The molecule has 2 aliphatic heterocycles. The molecule has 0 saturated carbocycles. The molecule has 1 saturated heterocycles. The lowest BCUT2D eigenvalue weighted by Crippen LogP contribution is -2.57. The van der Waals surface area contributed by atoms with Crippen molar-refractivity contribution in [2.45, 2.75) is 37.6 Å². The van der Waals surface area contributed by atoms with Crippen molar-refractivity contribution in [3.8, 4) is 22.6 Å². The number of rotatable bonds is 4. The first-order valence-electron chi connectivity index (χ1n) is 14.0. The van der Waals surface area contributed by atoms with Crippen LogP contribution in [0.1, 0.15) is 31.0 Å². The van der Waals surface area contributed by atoms with E-state index in [9.17, 15) is 23.1 Å². The summed E-state index contributed by atoms with van der Waals surface area (Å²) in [6, 6.07) is 6.10. The summed E-state index contributed by atoms with van der Waals surface area (Å²) < 4.78 is 63.1. The second-order valence-electron chi connectivity index (χ2n) is 11.3. The summed E-state index contributed by atoms with van der Waals surface area (Å²) in [7, 11) is -4.55. The Morgan fingerprint density at radius 2 is 1.89 bits per heavy atom. The van der Waals surface area contributed by atoms with Crippen LogP contribution in [-0.4, -0.2) is 70.3 Å². The highest BCUT2D eigenvalue weighted by Crippen LogP contribution is 2.45. The van der Waals surface area contributed by atoms with E-state index in [4.69, 9.17) is 0 Å². The number of aromatic nitrogens is 3. The number of hydrogen-bond donors (Lipinski definition) is 1. The van der Waals surface area contributed by atoms with Crippen molar-refractivity contribution >= 4 is 32.5 Å². The predicted octanol–water partition coefficient (Wildman–Crippen LogP) is 3.85. The van der Waals surface area contributed by atoms with E-state index in [-0.39, 0.29) is 48.0 Å². The first-order chi connectivity index (χ1) is 20.9. The van der Waals surface area contributed by atoms with E-state index in [0.29, 0.717) is 11.3 Å². The molecule has 228 valence electrons. The molecule has 1 N–H and O–H groups in total. The van der Waals surface area contributed by atoms with E-state index in [1.54, 1.807) is 19.2 Å². The zero-order valence-corrected chi connectivity index (χ0v) is 25.0. The standard InChI is InChI=1S/C31H29F2N5O5S/c1-5-21(40)36-12-13-37-18(14-36)15-44(42,43)29-23-28(24(32)22(25(29)33)19-8-6-7-9-20(19)39)38(31(41)35-30(23)37)27-17(4)10-11-34-26(27)16(2)3/h5-11,16,18,39H,1,12-15H2,2-4H3. The molecular weight excluding hydrogens is 592 g/mol. The fraction of sp³-hybridized carbons (Fsp3) is 0.290. The number of halogens is 2. The number of anilines is 1. The van der Waals surface area contributed by atoms with E-state index < -0.39 is 66.6 Å². The molecule has 44 heavy (non-hydrogen) atoms. The summed E-state index contributed by atoms with van der Waals surface area (Å²) in [5.74, 6) is -4.62. The van der Waals surface area contributed by atoms with Gasteiger partial charge in [-0.15, -0.1) is 0 Å². The second kappa shape index (κ2) is 10.5. The van der Waals surface area contributed by atoms with E-state index in [2.05, 4.69) is 16.5 Å². The lowest BCUT2D eigenvalue weighted by Gasteiger charge is -2.41. The van der Waals surface area contributed by atoms with Crippen LogP contribution in [0.4, 0.5) is 14.6 Å². The molecule has 4 aromatic rings. The topological polar surface area (TPSA) is 126 Å². The zero-order chi connectivity index (χ0) is 31.7. The normalized spacial score (nSPS) is 17.5. The van der Waals surface area contributed by atoms with Gasteiger partial charge in [-0.3, -0.25) is 14.3 Å². The number of hydrogen-bond acceptors (Lipinski definition) is 8. The molecule has 10 nitrogen and oxygen atoms in total. The third-order valence-corrected chi connectivity index (χ3v) is 10.0. The smallest absolute Gasteiger partial charge is 0.354 e. The van der Waals surface area contributed by atoms with Crippen LogP contribution >= 0.6 is 0 Å². The van der Waals surface area contributed by atoms with Gasteiger partial charge < -0.3 is 14.9 Å². The van der Waals surface area contributed by atoms with Crippen LogP contribution in [0.2, 0.25) is 0 Å². The number of sulfone groups is 1. The van der Waals surface area contributed by atoms with E-state index in [1.807, 2.05) is 13.8 Å². The van der Waals surface area contributed by atoms with Gasteiger partial charge in [-0.05, 0) is 36.6 Å². The molecule has 0 radical (unpaired) electrons. The Morgan fingerprint density at radius 1 is 1.16 bits per heavy atom. The quantitative estimate of drug-likeness (QED) is 0.269. The maximum atomic E-state index is 17.1. The second-order valence-corrected chi connectivity index (χ2v) is 13.2. The number of para-hydroxylation sites is 1. The summed E-state index contributed by atoms with van der Waals surface area (Å²) in [6.07, 6.45) is 2.66. The van der Waals surface area contributed by atoms with Crippen molar-refractivity contribution < 1.29 is 27.1 Å². The molecule has 1 unspecified atom stereocenters. The minimum Gasteiger partial charge on any atom is -0.507 e. The third-order valence-electron chi connectivity index (χ3n) is 8.21.